The molecule has 0 bridgehead atoms. The van der Waals surface area contributed by atoms with E-state index in [1.807, 2.05) is 0 Å². The molecule has 4 saturated carbocycles. The van der Waals surface area contributed by atoms with E-state index in [2.05, 4.69) is 61.5 Å². The summed E-state index contributed by atoms with van der Waals surface area (Å²) in [6.07, 6.45) is 3.36. The third kappa shape index (κ3) is 4.55. The Bertz CT molecular complexity index is 1160. The Balaban J connectivity index is 1.50. The highest BCUT2D eigenvalue weighted by atomic mass is 16.6. The summed E-state index contributed by atoms with van der Waals surface area (Å²) < 4.78 is 6.27. The summed E-state index contributed by atoms with van der Waals surface area (Å²) in [7, 11) is 0. The van der Waals surface area contributed by atoms with E-state index >= 15 is 0 Å². The van der Waals surface area contributed by atoms with Crippen LogP contribution >= 0.6 is 0 Å². The summed E-state index contributed by atoms with van der Waals surface area (Å²) in [5, 5.41) is 61.4. The number of fused-ring (bicyclic) bond motifs is 7. The average Bonchev–Trinajstić information content (AvgIpc) is 2.96. The van der Waals surface area contributed by atoms with Crippen molar-refractivity contribution in [1.82, 2.24) is 0 Å². The molecule has 252 valence electrons. The van der Waals surface area contributed by atoms with Gasteiger partial charge < -0.3 is 35.4 Å². The van der Waals surface area contributed by atoms with Gasteiger partial charge in [-0.2, -0.15) is 0 Å². The number of allylic oxidation sites excluding steroid dienone is 1. The van der Waals surface area contributed by atoms with Crippen LogP contribution in [0.4, 0.5) is 0 Å². The van der Waals surface area contributed by atoms with Crippen LogP contribution in [0.1, 0.15) is 120 Å². The number of rotatable bonds is 6. The Morgan fingerprint density at radius 1 is 0.864 bits per heavy atom. The zero-order valence-corrected chi connectivity index (χ0v) is 28.4. The van der Waals surface area contributed by atoms with Crippen molar-refractivity contribution in [3.05, 3.63) is 11.6 Å². The second-order valence-corrected chi connectivity index (χ2v) is 17.8. The Labute approximate surface area is 264 Å². The lowest BCUT2D eigenvalue weighted by atomic mass is 9.30. The second kappa shape index (κ2) is 10.7. The van der Waals surface area contributed by atoms with Crippen molar-refractivity contribution in [3.8, 4) is 0 Å². The monoisotopic (exact) mass is 620 g/mol. The Kier molecular flexibility index (Phi) is 8.38. The maximum absolute atomic E-state index is 13.4. The standard InChI is InChI=1S/C36H60O8/c1-30(2)15-17-36(44-29(43)28(42)27(41)26(40)23(38)20-37)18-16-32(5)21(22(36)19-30)9-12-33(6)24(32)10-13-34(7)31(3,4)25(39)11-14-35(33,34)8/h9,22-28,37-42H,10-20H2,1-8H3. The molecule has 4 fully saturated rings. The lowest BCUT2D eigenvalue weighted by Gasteiger charge is -2.75. The molecule has 8 nitrogen and oxygen atoms in total. The number of carbonyl (C=O) groups is 1. The molecule has 0 aliphatic heterocycles. The highest BCUT2D eigenvalue weighted by molar-refractivity contribution is 5.76. The number of esters is 1. The Morgan fingerprint density at radius 2 is 1.48 bits per heavy atom. The topological polar surface area (TPSA) is 148 Å². The van der Waals surface area contributed by atoms with Crippen molar-refractivity contribution < 1.29 is 40.2 Å². The predicted molar refractivity (Wildman–Crippen MR) is 167 cm³/mol. The molecule has 0 spiro atoms. The Morgan fingerprint density at radius 3 is 2.11 bits per heavy atom. The Hall–Kier alpha value is -1.03. The van der Waals surface area contributed by atoms with Crippen LogP contribution in [-0.2, 0) is 9.53 Å². The molecule has 5 rings (SSSR count). The molecule has 0 saturated heterocycles. The molecule has 0 aromatic rings. The largest absolute Gasteiger partial charge is 0.456 e. The number of carbonyl (C=O) groups excluding carboxylic acids is 1. The smallest absolute Gasteiger partial charge is 0.338 e. The summed E-state index contributed by atoms with van der Waals surface area (Å²) in [6, 6.07) is 0. The number of hydrogen-bond acceptors (Lipinski definition) is 8. The predicted octanol–water partition coefficient (Wildman–Crippen LogP) is 4.27. The van der Waals surface area contributed by atoms with Gasteiger partial charge in [-0.3, -0.25) is 0 Å². The van der Waals surface area contributed by atoms with Gasteiger partial charge in [0.05, 0.1) is 12.7 Å². The summed E-state index contributed by atoms with van der Waals surface area (Å²) in [5.41, 5.74) is 0.414. The first kappa shape index (κ1) is 34.3. The molecule has 5 aliphatic rings. The van der Waals surface area contributed by atoms with Gasteiger partial charge in [-0.25, -0.2) is 4.79 Å². The van der Waals surface area contributed by atoms with Crippen LogP contribution in [0.5, 0.6) is 0 Å². The summed E-state index contributed by atoms with van der Waals surface area (Å²) in [4.78, 5) is 13.4. The van der Waals surface area contributed by atoms with Gasteiger partial charge in [0.1, 0.15) is 23.9 Å². The highest BCUT2D eigenvalue weighted by Gasteiger charge is 2.72. The zero-order valence-electron chi connectivity index (χ0n) is 28.4. The molecule has 0 radical (unpaired) electrons. The van der Waals surface area contributed by atoms with Crippen LogP contribution in [-0.4, -0.2) is 79.3 Å². The molecule has 0 amide bonds. The lowest BCUT2D eigenvalue weighted by Crippen LogP contribution is -2.69. The molecular formula is C36H60O8. The van der Waals surface area contributed by atoms with E-state index in [4.69, 9.17) is 9.84 Å². The quantitative estimate of drug-likeness (QED) is 0.191. The van der Waals surface area contributed by atoms with Gasteiger partial charge in [0.2, 0.25) is 0 Å². The minimum absolute atomic E-state index is 0.00343. The average molecular weight is 621 g/mol. The molecule has 8 heteroatoms. The first-order chi connectivity index (χ1) is 20.2. The van der Waals surface area contributed by atoms with Crippen LogP contribution in [0.25, 0.3) is 0 Å². The fraction of sp³-hybridized carbons (Fsp3) is 0.917. The zero-order chi connectivity index (χ0) is 32.9. The van der Waals surface area contributed by atoms with Gasteiger partial charge in [0.15, 0.2) is 6.10 Å². The first-order valence-corrected chi connectivity index (χ1v) is 17.1. The van der Waals surface area contributed by atoms with E-state index in [1.165, 1.54) is 5.57 Å². The number of hydrogen-bond donors (Lipinski definition) is 6. The van der Waals surface area contributed by atoms with Gasteiger partial charge >= 0.3 is 5.97 Å². The number of ether oxygens (including phenoxy) is 1. The van der Waals surface area contributed by atoms with Crippen LogP contribution in [0.15, 0.2) is 11.6 Å². The minimum atomic E-state index is -2.05. The molecule has 0 aromatic carbocycles. The van der Waals surface area contributed by atoms with Crippen LogP contribution in [0.2, 0.25) is 0 Å². The fourth-order valence-electron chi connectivity index (χ4n) is 11.6. The molecule has 6 N–H and O–H groups in total. The molecule has 44 heavy (non-hydrogen) atoms. The lowest BCUT2D eigenvalue weighted by molar-refractivity contribution is -0.262. The van der Waals surface area contributed by atoms with E-state index in [9.17, 15) is 30.3 Å². The minimum Gasteiger partial charge on any atom is -0.456 e. The molecule has 12 unspecified atom stereocenters. The number of aliphatic hydroxyl groups is 6. The van der Waals surface area contributed by atoms with Gasteiger partial charge in [-0.1, -0.05) is 67.0 Å². The SMILES string of the molecule is CC1(C)CCC2(OC(=O)C(O)C(O)C(O)C(O)CO)CCC3(C)C(=CCC4(C)C3CCC3(C)C(C)(C)C(O)CCC43C)C2C1. The van der Waals surface area contributed by atoms with Crippen LogP contribution < -0.4 is 0 Å². The van der Waals surface area contributed by atoms with Gasteiger partial charge in [-0.15, -0.1) is 0 Å². The van der Waals surface area contributed by atoms with E-state index < -0.39 is 42.6 Å². The van der Waals surface area contributed by atoms with Crippen LogP contribution in [0, 0.1) is 44.3 Å². The normalized spacial score (nSPS) is 47.0. The van der Waals surface area contributed by atoms with Crippen molar-refractivity contribution in [2.75, 3.05) is 6.61 Å². The summed E-state index contributed by atoms with van der Waals surface area (Å²) in [6.45, 7) is 18.2. The third-order valence-corrected chi connectivity index (χ3v) is 15.4. The van der Waals surface area contributed by atoms with Crippen molar-refractivity contribution in [2.24, 2.45) is 44.3 Å². The van der Waals surface area contributed by atoms with Crippen LogP contribution in [0.3, 0.4) is 0 Å². The van der Waals surface area contributed by atoms with Gasteiger partial charge in [0.25, 0.3) is 0 Å². The molecule has 0 aromatic heterocycles. The van der Waals surface area contributed by atoms with E-state index in [0.29, 0.717) is 18.8 Å². The fourth-order valence-corrected chi connectivity index (χ4v) is 11.6. The summed E-state index contributed by atoms with van der Waals surface area (Å²) >= 11 is 0. The van der Waals surface area contributed by atoms with Crippen molar-refractivity contribution >= 4 is 5.97 Å². The van der Waals surface area contributed by atoms with E-state index in [0.717, 1.165) is 51.4 Å². The highest BCUT2D eigenvalue weighted by Crippen LogP contribution is 2.78. The molecule has 0 heterocycles. The van der Waals surface area contributed by atoms with E-state index in [-0.39, 0.29) is 44.5 Å². The van der Waals surface area contributed by atoms with Crippen molar-refractivity contribution in [2.45, 2.75) is 156 Å². The maximum Gasteiger partial charge on any atom is 0.338 e. The van der Waals surface area contributed by atoms with Crippen molar-refractivity contribution in [1.29, 1.82) is 0 Å². The molecular weight excluding hydrogens is 560 g/mol. The second-order valence-electron chi connectivity index (χ2n) is 17.8. The molecule has 5 aliphatic carbocycles. The number of aliphatic hydroxyl groups excluding tert-OH is 6. The first-order valence-electron chi connectivity index (χ1n) is 17.1. The maximum atomic E-state index is 13.4. The van der Waals surface area contributed by atoms with E-state index in [1.54, 1.807) is 0 Å². The molecule has 12 atom stereocenters. The third-order valence-electron chi connectivity index (χ3n) is 15.4. The van der Waals surface area contributed by atoms with Gasteiger partial charge in [-0.05, 0) is 103 Å². The van der Waals surface area contributed by atoms with Gasteiger partial charge in [0, 0.05) is 5.92 Å². The van der Waals surface area contributed by atoms with Crippen molar-refractivity contribution in [3.63, 3.8) is 0 Å². The summed E-state index contributed by atoms with van der Waals surface area (Å²) in [5.74, 6) is -0.581.